The Morgan fingerprint density at radius 1 is 1.09 bits per heavy atom. The molecule has 1 aliphatic heterocycles. The van der Waals surface area contributed by atoms with E-state index >= 15 is 0 Å². The fourth-order valence-corrected chi connectivity index (χ4v) is 8.57. The Labute approximate surface area is 272 Å². The molecule has 0 bridgehead atoms. The molecule has 2 aliphatic rings. The molecule has 0 saturated carbocycles. The van der Waals surface area contributed by atoms with E-state index in [9.17, 15) is 35.8 Å². The number of nitrogens with zero attached hydrogens (tertiary/aromatic N) is 2. The number of nitrogens with one attached hydrogen (secondary N) is 4. The molecular formula is C29H42N6O8S3. The van der Waals surface area contributed by atoms with Gasteiger partial charge in [-0.3, -0.25) is 18.6 Å². The van der Waals surface area contributed by atoms with E-state index < -0.39 is 53.5 Å². The Balaban J connectivity index is 1.82. The zero-order valence-corrected chi connectivity index (χ0v) is 28.8. The SMILES string of the molecule is CNCCN(C)CCS(=O)(=O)NC1(CCC(C)C)C(=O)C(C2=NS(O)(O)c3cc(NS(C)(=O)=O)ccc3N2)=C(O)c2ccccc21. The van der Waals surface area contributed by atoms with Crippen LogP contribution in [0, 0.1) is 5.92 Å². The molecular weight excluding hydrogens is 657 g/mol. The molecule has 0 saturated heterocycles. The first-order chi connectivity index (χ1) is 21.4. The molecule has 2 aromatic carbocycles. The number of carbonyl (C=O) groups is 1. The van der Waals surface area contributed by atoms with Crippen LogP contribution in [0.5, 0.6) is 0 Å². The summed E-state index contributed by atoms with van der Waals surface area (Å²) < 4.78 is 82.0. The van der Waals surface area contributed by atoms with Crippen molar-refractivity contribution < 1.29 is 35.8 Å². The zero-order valence-electron chi connectivity index (χ0n) is 26.4. The number of aliphatic hydroxyl groups excluding tert-OH is 1. The van der Waals surface area contributed by atoms with Gasteiger partial charge in [0.25, 0.3) is 0 Å². The molecule has 1 heterocycles. The molecule has 4 rings (SSSR count). The predicted octanol–water partition coefficient (Wildman–Crippen LogP) is 3.16. The molecule has 0 fully saturated rings. The van der Waals surface area contributed by atoms with E-state index in [-0.39, 0.29) is 57.9 Å². The molecule has 0 aromatic heterocycles. The molecule has 7 N–H and O–H groups in total. The minimum atomic E-state index is -4.09. The van der Waals surface area contributed by atoms with Crippen molar-refractivity contribution in [2.45, 2.75) is 37.1 Å². The number of hydrogen-bond acceptors (Lipinski definition) is 12. The number of hydrogen-bond donors (Lipinski definition) is 7. The lowest BCUT2D eigenvalue weighted by Gasteiger charge is -2.41. The van der Waals surface area contributed by atoms with Crippen LogP contribution < -0.4 is 20.1 Å². The second-order valence-electron chi connectivity index (χ2n) is 11.9. The fraction of sp³-hybridized carbons (Fsp3) is 0.448. The van der Waals surface area contributed by atoms with Crippen LogP contribution in [-0.4, -0.2) is 93.3 Å². The average Bonchev–Trinajstić information content (AvgIpc) is 2.96. The molecule has 1 aliphatic carbocycles. The maximum absolute atomic E-state index is 14.7. The van der Waals surface area contributed by atoms with Crippen molar-refractivity contribution in [1.82, 2.24) is 14.9 Å². The van der Waals surface area contributed by atoms with Crippen molar-refractivity contribution in [2.24, 2.45) is 10.3 Å². The second kappa shape index (κ2) is 13.6. The van der Waals surface area contributed by atoms with E-state index in [1.54, 1.807) is 38.4 Å². The Morgan fingerprint density at radius 3 is 2.43 bits per heavy atom. The third kappa shape index (κ3) is 7.91. The van der Waals surface area contributed by atoms with Gasteiger partial charge in [0.1, 0.15) is 21.8 Å². The van der Waals surface area contributed by atoms with Crippen molar-refractivity contribution >= 4 is 59.6 Å². The van der Waals surface area contributed by atoms with E-state index in [1.807, 2.05) is 18.7 Å². The fourth-order valence-electron chi connectivity index (χ4n) is 5.34. The largest absolute Gasteiger partial charge is 0.506 e. The van der Waals surface area contributed by atoms with Crippen LogP contribution in [0.15, 0.2) is 57.3 Å². The molecule has 0 radical (unpaired) electrons. The molecule has 2 aromatic rings. The van der Waals surface area contributed by atoms with E-state index in [1.165, 1.54) is 18.2 Å². The molecule has 1 unspecified atom stereocenters. The third-order valence-corrected chi connectivity index (χ3v) is 11.0. The van der Waals surface area contributed by atoms with Crippen LogP contribution in [0.4, 0.5) is 11.4 Å². The van der Waals surface area contributed by atoms with Gasteiger partial charge in [-0.2, -0.15) is 4.72 Å². The quantitative estimate of drug-likeness (QED) is 0.152. The summed E-state index contributed by atoms with van der Waals surface area (Å²) in [5.41, 5.74) is -1.64. The predicted molar refractivity (Wildman–Crippen MR) is 182 cm³/mol. The summed E-state index contributed by atoms with van der Waals surface area (Å²) in [6.45, 7) is 5.35. The van der Waals surface area contributed by atoms with Crippen molar-refractivity contribution in [3.8, 4) is 0 Å². The molecule has 0 amide bonds. The lowest BCUT2D eigenvalue weighted by atomic mass is 9.72. The van der Waals surface area contributed by atoms with Gasteiger partial charge in [-0.1, -0.05) is 48.9 Å². The topological polar surface area (TPSA) is 210 Å². The smallest absolute Gasteiger partial charge is 0.229 e. The van der Waals surface area contributed by atoms with Gasteiger partial charge in [-0.15, -0.1) is 4.40 Å². The maximum atomic E-state index is 14.7. The Bertz CT molecular complexity index is 1780. The lowest BCUT2D eigenvalue weighted by molar-refractivity contribution is -0.121. The number of carbonyl (C=O) groups excluding carboxylic acids is 1. The van der Waals surface area contributed by atoms with E-state index in [0.717, 1.165) is 6.26 Å². The summed E-state index contributed by atoms with van der Waals surface area (Å²) in [5, 5.41) is 17.4. The molecule has 254 valence electrons. The highest BCUT2D eigenvalue weighted by atomic mass is 32.3. The van der Waals surface area contributed by atoms with Crippen LogP contribution in [0.1, 0.15) is 37.8 Å². The maximum Gasteiger partial charge on any atom is 0.229 e. The van der Waals surface area contributed by atoms with E-state index in [2.05, 4.69) is 24.5 Å². The van der Waals surface area contributed by atoms with Crippen molar-refractivity contribution in [3.63, 3.8) is 0 Å². The highest BCUT2D eigenvalue weighted by Crippen LogP contribution is 2.57. The number of benzene rings is 2. The standard InChI is InChI=1S/C29H42N6O8S3/c1-19(2)12-13-29(34-45(40,41)17-16-35(4)15-14-30-3)22-9-7-6-8-21(22)26(36)25(27(29)37)28-31-23-11-10-20(32-44(5,38)39)18-24(23)46(42,43)33-28/h6-11,18-19,30,32,34,36,42-43H,12-17H2,1-5H3,(H,31,33). The summed E-state index contributed by atoms with van der Waals surface area (Å²) in [6, 6.07) is 10.4. The van der Waals surface area contributed by atoms with Gasteiger partial charge in [0.15, 0.2) is 11.6 Å². The number of ketones is 1. The lowest BCUT2D eigenvalue weighted by Crippen LogP contribution is -2.56. The second-order valence-corrected chi connectivity index (χ2v) is 17.2. The molecule has 46 heavy (non-hydrogen) atoms. The molecule has 17 heteroatoms. The monoisotopic (exact) mass is 698 g/mol. The Hall–Kier alpha value is -3.03. The number of rotatable bonds is 14. The van der Waals surface area contributed by atoms with Gasteiger partial charge in [-0.05, 0) is 56.6 Å². The normalized spacial score (nSPS) is 20.2. The zero-order chi connectivity index (χ0) is 34.1. The summed E-state index contributed by atoms with van der Waals surface area (Å²) in [5.74, 6) is -1.90. The summed E-state index contributed by atoms with van der Waals surface area (Å²) in [7, 11) is -8.19. The first kappa shape index (κ1) is 35.8. The van der Waals surface area contributed by atoms with Gasteiger partial charge >= 0.3 is 0 Å². The molecule has 0 spiro atoms. The number of aliphatic hydroxyl groups is 1. The molecule has 14 nitrogen and oxygen atoms in total. The van der Waals surface area contributed by atoms with Crippen molar-refractivity contribution in [2.75, 3.05) is 55.8 Å². The highest BCUT2D eigenvalue weighted by molar-refractivity contribution is 8.23. The van der Waals surface area contributed by atoms with Gasteiger partial charge < -0.3 is 20.6 Å². The van der Waals surface area contributed by atoms with Crippen molar-refractivity contribution in [3.05, 3.63) is 59.2 Å². The van der Waals surface area contributed by atoms with Gasteiger partial charge in [0, 0.05) is 25.2 Å². The number of Topliss-reactive ketones (excluding diaryl/α,β-unsaturated/α-hetero) is 1. The number of amidine groups is 1. The Morgan fingerprint density at radius 2 is 1.78 bits per heavy atom. The average molecular weight is 699 g/mol. The van der Waals surface area contributed by atoms with Gasteiger partial charge in [0.2, 0.25) is 20.0 Å². The van der Waals surface area contributed by atoms with Crippen LogP contribution in [0.25, 0.3) is 5.76 Å². The summed E-state index contributed by atoms with van der Waals surface area (Å²) in [6.07, 6.45) is 1.43. The number of sulfonamides is 2. The Kier molecular flexibility index (Phi) is 10.6. The number of likely N-dealkylation sites (N-methyl/N-ethyl adjacent to an activating group) is 2. The minimum absolute atomic E-state index is 0.0484. The minimum Gasteiger partial charge on any atom is -0.506 e. The van der Waals surface area contributed by atoms with Crippen LogP contribution in [0.2, 0.25) is 0 Å². The van der Waals surface area contributed by atoms with Crippen LogP contribution in [-0.2, 0) is 30.4 Å². The third-order valence-electron chi connectivity index (χ3n) is 7.69. The number of fused-ring (bicyclic) bond motifs is 2. The van der Waals surface area contributed by atoms with E-state index in [0.29, 0.717) is 19.5 Å². The summed E-state index contributed by atoms with van der Waals surface area (Å²) >= 11 is 0. The first-order valence-electron chi connectivity index (χ1n) is 14.6. The number of anilines is 2. The van der Waals surface area contributed by atoms with Crippen LogP contribution >= 0.6 is 10.8 Å². The van der Waals surface area contributed by atoms with Gasteiger partial charge in [0.05, 0.1) is 23.4 Å². The molecule has 1 atom stereocenters. The van der Waals surface area contributed by atoms with Gasteiger partial charge in [-0.25, -0.2) is 16.8 Å². The first-order valence-corrected chi connectivity index (χ1v) is 19.6. The van der Waals surface area contributed by atoms with Crippen LogP contribution in [0.3, 0.4) is 0 Å². The van der Waals surface area contributed by atoms with Crippen molar-refractivity contribution in [1.29, 1.82) is 0 Å². The van der Waals surface area contributed by atoms with E-state index in [4.69, 9.17) is 0 Å². The highest BCUT2D eigenvalue weighted by Gasteiger charge is 2.51. The summed E-state index contributed by atoms with van der Waals surface area (Å²) in [4.78, 5) is 16.4.